The van der Waals surface area contributed by atoms with Gasteiger partial charge in [0.1, 0.15) is 11.3 Å². The Hall–Kier alpha value is -18.6. The van der Waals surface area contributed by atoms with E-state index in [1.165, 1.54) is 231 Å². The van der Waals surface area contributed by atoms with E-state index in [2.05, 4.69) is 553 Å². The molecule has 696 valence electrons. The van der Waals surface area contributed by atoms with E-state index >= 15 is 0 Å². The van der Waals surface area contributed by atoms with Gasteiger partial charge in [-0.15, -0.1) is 0 Å². The molecule has 31 rings (SSSR count). The third-order valence-electron chi connectivity index (χ3n) is 32.9. The predicted octanol–water partition coefficient (Wildman–Crippen LogP) is 37.6. The first-order chi connectivity index (χ1) is 73.1. The normalized spacial score (nSPS) is 14.7. The fourth-order valence-electron chi connectivity index (χ4n) is 26.1. The highest BCUT2D eigenvalue weighted by molar-refractivity contribution is 6.26. The molecule has 0 N–H and O–H groups in total. The van der Waals surface area contributed by atoms with Gasteiger partial charge in [-0.25, -0.2) is 0 Å². The molecular weight excluding hydrogens is 1790 g/mol. The van der Waals surface area contributed by atoms with Gasteiger partial charge in [0, 0.05) is 110 Å². The van der Waals surface area contributed by atoms with E-state index in [1.807, 2.05) is 0 Å². The van der Waals surface area contributed by atoms with Gasteiger partial charge in [-0.3, -0.25) is 0 Å². The van der Waals surface area contributed by atoms with Gasteiger partial charge in [0.15, 0.2) is 0 Å². The van der Waals surface area contributed by atoms with E-state index in [4.69, 9.17) is 4.42 Å². The molecule has 6 aromatic heterocycles. The fourth-order valence-corrected chi connectivity index (χ4v) is 26.1. The number of rotatable bonds is 15. The molecule has 2 unspecified atom stereocenters. The Kier molecular flexibility index (Phi) is 19.2. The Labute approximate surface area is 857 Å². The Morgan fingerprint density at radius 2 is 0.635 bits per heavy atom. The summed E-state index contributed by atoms with van der Waals surface area (Å²) in [7, 11) is 0. The van der Waals surface area contributed by atoms with E-state index in [0.717, 1.165) is 52.6 Å². The molecule has 4 aliphatic rings. The lowest BCUT2D eigenvalue weighted by molar-refractivity contribution is 0.514. The van der Waals surface area contributed by atoms with Crippen LogP contribution in [0, 0.1) is 0 Å². The zero-order valence-corrected chi connectivity index (χ0v) is 81.8. The zero-order valence-electron chi connectivity index (χ0n) is 81.8. The number of nitrogens with zero attached hydrogens (tertiary/aromatic N) is 5. The SMILES string of the molecule is C1=Cc2c(oc3ccccc23)C(C2=CCC(N(c3ccc(-c4ccccc4)cc3)c3ccc4c(c3)C(c3ccccc3)(c3ccccc3)c3cc(-c5cc6c7ccccc7n7c8ccccc8c(c5)c67)ccc3-4)C=C2)C1.CC1(C)c2cc(-c3cc4c5ccccc5n5c6ccccc6c(c3)c45)ccc2-c2ccc(N(c3ccc(-c4ccccc4)cc3)c3ccc(-c4ccc5c(c4)c4ccccc4n5-c4ccccc4)cc3)cc21. The van der Waals surface area contributed by atoms with Gasteiger partial charge in [-0.1, -0.05) is 372 Å². The third-order valence-corrected chi connectivity index (χ3v) is 32.9. The molecule has 0 fully saturated rings. The fraction of sp³-hybridized carbons (Fsp3) is 0.0563. The number of anilines is 5. The minimum absolute atomic E-state index is 0.0553. The average Bonchev–Trinajstić information content (AvgIpc) is 1.53. The summed E-state index contributed by atoms with van der Waals surface area (Å²) in [6.45, 7) is 4.81. The molecule has 0 amide bonds. The van der Waals surface area contributed by atoms with Crippen molar-refractivity contribution in [3.05, 3.63) is 560 Å². The summed E-state index contributed by atoms with van der Waals surface area (Å²) in [6.07, 6.45) is 13.6. The predicted molar refractivity (Wildman–Crippen MR) is 620 cm³/mol. The number of allylic oxidation sites excluding steroid dienone is 3. The minimum atomic E-state index is -0.625. The molecular formula is C142H97N5O. The summed E-state index contributed by atoms with van der Waals surface area (Å²) in [6, 6.07) is 180. The molecule has 148 heavy (non-hydrogen) atoms. The standard InChI is InChI=1S/C73H50N2O.C69H47N3/c1-4-17-47(18-5-1)48-31-36-54(37-32-48)74(55-38-33-49(34-39-55)57-26-16-27-63-62-25-12-15-30-70(62)76-72(57)63)56-40-42-59-58-41-35-50(45-66(58)73(67(59)46-56,52-19-6-2-7-20-52)53-21-8-3-9-22-53)51-43-64-60-23-10-13-28-68(60)75-69-29-14-11-24-61(69)65(44-51)71(64)75;1-69(2)62-42-48(49-40-60-57-20-10-13-23-65(57)72-66-24-14-11-21-58(66)61(41-49)68(60)72)29-36-54(62)55-37-35-53(43-63(55)69)70(51-31-25-45(26-32-51)44-15-5-3-6-16-44)52-33-27-46(28-34-52)47-30-38-67-59(39-47)56-19-9-12-22-64(56)71(67)50-17-7-4-8-18-50/h1-25,27-38,40-46,55,57H,26,39H2;3-43H,1-2H3. The Morgan fingerprint density at radius 1 is 0.270 bits per heavy atom. The molecule has 0 spiro atoms. The average molecular weight is 1890 g/mol. The van der Waals surface area contributed by atoms with Gasteiger partial charge in [-0.05, 0) is 287 Å². The first-order valence-electron chi connectivity index (χ1n) is 51.9. The lowest BCUT2D eigenvalue weighted by Crippen LogP contribution is -2.32. The van der Waals surface area contributed by atoms with E-state index in [1.54, 1.807) is 0 Å². The van der Waals surface area contributed by atoms with Crippen LogP contribution >= 0.6 is 0 Å². The van der Waals surface area contributed by atoms with Crippen LogP contribution in [0.3, 0.4) is 0 Å². The summed E-state index contributed by atoms with van der Waals surface area (Å²) >= 11 is 0. The number of fused-ring (bicyclic) bond motifs is 24. The molecule has 0 saturated carbocycles. The van der Waals surface area contributed by atoms with Crippen molar-refractivity contribution in [1.29, 1.82) is 0 Å². The van der Waals surface area contributed by atoms with Crippen molar-refractivity contribution in [2.75, 3.05) is 9.80 Å². The topological polar surface area (TPSA) is 33.4 Å². The number of benzene rings is 21. The van der Waals surface area contributed by atoms with E-state index in [0.29, 0.717) is 0 Å². The first kappa shape index (κ1) is 85.0. The highest BCUT2D eigenvalue weighted by Gasteiger charge is 2.48. The molecule has 4 aliphatic carbocycles. The van der Waals surface area contributed by atoms with Crippen molar-refractivity contribution < 1.29 is 4.42 Å². The zero-order chi connectivity index (χ0) is 97.6. The maximum Gasteiger partial charge on any atom is 0.134 e. The van der Waals surface area contributed by atoms with Crippen LogP contribution in [0.1, 0.15) is 77.3 Å². The third kappa shape index (κ3) is 13.1. The van der Waals surface area contributed by atoms with Crippen LogP contribution < -0.4 is 9.80 Å². The molecule has 0 saturated heterocycles. The molecule has 21 aromatic carbocycles. The number of hydrogen-bond acceptors (Lipinski definition) is 3. The second-order valence-electron chi connectivity index (χ2n) is 41.1. The van der Waals surface area contributed by atoms with Crippen LogP contribution in [0.4, 0.5) is 28.4 Å². The van der Waals surface area contributed by atoms with Gasteiger partial charge in [0.2, 0.25) is 0 Å². The second-order valence-corrected chi connectivity index (χ2v) is 41.1. The smallest absolute Gasteiger partial charge is 0.134 e. The van der Waals surface area contributed by atoms with Gasteiger partial charge in [-0.2, -0.15) is 0 Å². The minimum Gasteiger partial charge on any atom is -0.460 e. The molecule has 27 aromatic rings. The molecule has 0 radical (unpaired) electrons. The van der Waals surface area contributed by atoms with Crippen molar-refractivity contribution in [2.24, 2.45) is 0 Å². The van der Waals surface area contributed by atoms with Crippen molar-refractivity contribution >= 4 is 143 Å². The van der Waals surface area contributed by atoms with Gasteiger partial charge >= 0.3 is 0 Å². The second kappa shape index (κ2) is 33.5. The summed E-state index contributed by atoms with van der Waals surface area (Å²) in [5.41, 5.74) is 44.5. The van der Waals surface area contributed by atoms with Gasteiger partial charge < -0.3 is 27.6 Å². The van der Waals surface area contributed by atoms with E-state index in [9.17, 15) is 0 Å². The quantitative estimate of drug-likeness (QED) is 0.103. The summed E-state index contributed by atoms with van der Waals surface area (Å²) in [5.74, 6) is 1.24. The maximum atomic E-state index is 6.63. The lowest BCUT2D eigenvalue weighted by Gasteiger charge is -2.37. The van der Waals surface area contributed by atoms with Crippen LogP contribution in [-0.2, 0) is 10.8 Å². The summed E-state index contributed by atoms with van der Waals surface area (Å²) in [5, 5.41) is 14.0. The number of hydrogen-bond donors (Lipinski definition) is 0. The summed E-state index contributed by atoms with van der Waals surface area (Å²) < 4.78 is 13.9. The Bertz CT molecular complexity index is 9910. The monoisotopic (exact) mass is 1890 g/mol. The highest BCUT2D eigenvalue weighted by Crippen LogP contribution is 2.60. The van der Waals surface area contributed by atoms with Crippen LogP contribution in [0.25, 0.3) is 199 Å². The van der Waals surface area contributed by atoms with Crippen LogP contribution in [0.15, 0.2) is 520 Å². The van der Waals surface area contributed by atoms with Crippen molar-refractivity contribution in [3.63, 3.8) is 0 Å². The van der Waals surface area contributed by atoms with Crippen LogP contribution in [-0.4, -0.2) is 19.4 Å². The first-order valence-corrected chi connectivity index (χ1v) is 51.9. The lowest BCUT2D eigenvalue weighted by atomic mass is 9.67. The summed E-state index contributed by atoms with van der Waals surface area (Å²) in [4.78, 5) is 5.00. The Morgan fingerprint density at radius 3 is 1.15 bits per heavy atom. The van der Waals surface area contributed by atoms with Crippen molar-refractivity contribution in [1.82, 2.24) is 13.4 Å². The molecule has 0 bridgehead atoms. The highest BCUT2D eigenvalue weighted by atomic mass is 16.3. The van der Waals surface area contributed by atoms with Crippen molar-refractivity contribution in [3.8, 4) is 83.6 Å². The van der Waals surface area contributed by atoms with E-state index in [-0.39, 0.29) is 17.4 Å². The molecule has 6 nitrogen and oxygen atoms in total. The van der Waals surface area contributed by atoms with Crippen molar-refractivity contribution in [2.45, 2.75) is 49.5 Å². The van der Waals surface area contributed by atoms with Crippen LogP contribution in [0.2, 0.25) is 0 Å². The maximum absolute atomic E-state index is 6.63. The largest absolute Gasteiger partial charge is 0.460 e. The molecule has 6 heteroatoms. The molecule has 0 aliphatic heterocycles. The van der Waals surface area contributed by atoms with E-state index < -0.39 is 5.41 Å². The van der Waals surface area contributed by atoms with Crippen LogP contribution in [0.5, 0.6) is 0 Å². The van der Waals surface area contributed by atoms with Gasteiger partial charge in [0.25, 0.3) is 0 Å². The number of aromatic nitrogens is 3. The Balaban J connectivity index is 0.000000137. The molecule has 2 atom stereocenters. The molecule has 6 heterocycles. The van der Waals surface area contributed by atoms with Gasteiger partial charge in [0.05, 0.1) is 55.6 Å². The number of para-hydroxylation sites is 7. The number of furan rings is 1.